The first kappa shape index (κ1) is 18.5. The van der Waals surface area contributed by atoms with Crippen LogP contribution in [-0.4, -0.2) is 24.1 Å². The minimum atomic E-state index is -0.199. The predicted octanol–water partition coefficient (Wildman–Crippen LogP) is 5.50. The van der Waals surface area contributed by atoms with Crippen LogP contribution in [0.5, 0.6) is 0 Å². The van der Waals surface area contributed by atoms with E-state index in [9.17, 15) is 4.79 Å². The molecule has 0 saturated carbocycles. The molecule has 0 bridgehead atoms. The topological polar surface area (TPSA) is 29.5 Å². The van der Waals surface area contributed by atoms with Crippen molar-refractivity contribution >= 4 is 6.09 Å². The molecule has 3 rings (SSSR count). The summed E-state index contributed by atoms with van der Waals surface area (Å²) >= 11 is 0. The lowest BCUT2D eigenvalue weighted by Gasteiger charge is -2.32. The Balaban J connectivity index is 1.50. The first-order chi connectivity index (χ1) is 12.4. The first-order valence-electron chi connectivity index (χ1n) is 9.49. The second-order valence-corrected chi connectivity index (χ2v) is 8.17. The molecule has 3 heteroatoms. The minimum absolute atomic E-state index is 0.185. The van der Waals surface area contributed by atoms with Gasteiger partial charge in [0.15, 0.2) is 0 Å². The number of carbonyl (C=O) groups is 1. The average molecular weight is 351 g/mol. The van der Waals surface area contributed by atoms with Crippen molar-refractivity contribution in [1.82, 2.24) is 4.90 Å². The van der Waals surface area contributed by atoms with Gasteiger partial charge in [-0.3, -0.25) is 0 Å². The maximum Gasteiger partial charge on any atom is 0.410 e. The van der Waals surface area contributed by atoms with Crippen LogP contribution in [0.2, 0.25) is 0 Å². The maximum absolute atomic E-state index is 12.3. The summed E-state index contributed by atoms with van der Waals surface area (Å²) in [5, 5.41) is 0. The van der Waals surface area contributed by atoms with E-state index in [4.69, 9.17) is 4.74 Å². The molecule has 138 valence electrons. The van der Waals surface area contributed by atoms with Crippen LogP contribution in [0.1, 0.15) is 56.2 Å². The largest absolute Gasteiger partial charge is 0.445 e. The fraction of sp³-hybridized carbons (Fsp3) is 0.435. The van der Waals surface area contributed by atoms with Gasteiger partial charge in [-0.05, 0) is 40.9 Å². The number of rotatable bonds is 3. The van der Waals surface area contributed by atoms with E-state index in [0.29, 0.717) is 12.5 Å². The summed E-state index contributed by atoms with van der Waals surface area (Å²) in [4.78, 5) is 14.1. The zero-order chi connectivity index (χ0) is 18.6. The normalized spacial score (nSPS) is 15.7. The van der Waals surface area contributed by atoms with E-state index in [1.165, 1.54) is 11.1 Å². The van der Waals surface area contributed by atoms with E-state index in [1.54, 1.807) is 0 Å². The van der Waals surface area contributed by atoms with E-state index >= 15 is 0 Å². The van der Waals surface area contributed by atoms with Crippen LogP contribution in [0.15, 0.2) is 54.6 Å². The summed E-state index contributed by atoms with van der Waals surface area (Å²) < 4.78 is 5.45. The molecule has 1 fully saturated rings. The number of hydrogen-bond donors (Lipinski definition) is 0. The van der Waals surface area contributed by atoms with Crippen molar-refractivity contribution in [1.29, 1.82) is 0 Å². The van der Waals surface area contributed by atoms with Gasteiger partial charge in [-0.25, -0.2) is 4.79 Å². The third-order valence-electron chi connectivity index (χ3n) is 5.21. The molecule has 2 aromatic rings. The quantitative estimate of drug-likeness (QED) is 0.731. The molecule has 2 aromatic carbocycles. The van der Waals surface area contributed by atoms with Crippen molar-refractivity contribution in [3.05, 3.63) is 71.3 Å². The van der Waals surface area contributed by atoms with E-state index in [2.05, 4.69) is 45.0 Å². The van der Waals surface area contributed by atoms with Crippen LogP contribution in [0.4, 0.5) is 4.79 Å². The van der Waals surface area contributed by atoms with Gasteiger partial charge < -0.3 is 9.64 Å². The molecule has 0 radical (unpaired) electrons. The van der Waals surface area contributed by atoms with Crippen LogP contribution in [-0.2, 0) is 16.8 Å². The number of carbonyl (C=O) groups excluding carboxylic acids is 1. The Kier molecular flexibility index (Phi) is 5.65. The third-order valence-corrected chi connectivity index (χ3v) is 5.21. The first-order valence-corrected chi connectivity index (χ1v) is 9.49. The molecule has 1 aliphatic heterocycles. The maximum atomic E-state index is 12.3. The third kappa shape index (κ3) is 4.66. The zero-order valence-corrected chi connectivity index (χ0v) is 16.1. The Bertz CT molecular complexity index is 708. The number of piperidine rings is 1. The molecule has 0 unspecified atom stereocenters. The van der Waals surface area contributed by atoms with E-state index in [-0.39, 0.29) is 11.5 Å². The molecule has 0 aromatic heterocycles. The standard InChI is InChI=1S/C23H29NO2/c1-23(2,3)21-11-9-19(10-12-21)20-13-15-24(16-14-20)22(25)26-17-18-7-5-4-6-8-18/h4-12,20H,13-17H2,1-3H3. The highest BCUT2D eigenvalue weighted by Gasteiger charge is 2.25. The Hall–Kier alpha value is -2.29. The molecule has 26 heavy (non-hydrogen) atoms. The van der Waals surface area contributed by atoms with E-state index < -0.39 is 0 Å². The van der Waals surface area contributed by atoms with Gasteiger partial charge in [0, 0.05) is 13.1 Å². The monoisotopic (exact) mass is 351 g/mol. The van der Waals surface area contributed by atoms with Gasteiger partial charge in [0.05, 0.1) is 0 Å². The number of benzene rings is 2. The molecule has 1 saturated heterocycles. The highest BCUT2D eigenvalue weighted by molar-refractivity contribution is 5.67. The van der Waals surface area contributed by atoms with Gasteiger partial charge in [-0.15, -0.1) is 0 Å². The smallest absolute Gasteiger partial charge is 0.410 e. The Morgan fingerprint density at radius 3 is 2.19 bits per heavy atom. The summed E-state index contributed by atoms with van der Waals surface area (Å²) in [6.45, 7) is 8.58. The molecule has 1 heterocycles. The lowest BCUT2D eigenvalue weighted by Crippen LogP contribution is -2.38. The molecule has 0 aliphatic carbocycles. The molecule has 0 atom stereocenters. The number of nitrogens with zero attached hydrogens (tertiary/aromatic N) is 1. The van der Waals surface area contributed by atoms with Crippen LogP contribution in [0.25, 0.3) is 0 Å². The lowest BCUT2D eigenvalue weighted by molar-refractivity contribution is 0.0870. The fourth-order valence-electron chi connectivity index (χ4n) is 3.46. The highest BCUT2D eigenvalue weighted by Crippen LogP contribution is 2.30. The second kappa shape index (κ2) is 7.94. The summed E-state index contributed by atoms with van der Waals surface area (Å²) in [7, 11) is 0. The molecule has 1 aliphatic rings. The molecule has 0 spiro atoms. The number of ether oxygens (including phenoxy) is 1. The van der Waals surface area contributed by atoms with Crippen LogP contribution < -0.4 is 0 Å². The van der Waals surface area contributed by atoms with Crippen molar-refractivity contribution in [2.75, 3.05) is 13.1 Å². The molecule has 1 amide bonds. The van der Waals surface area contributed by atoms with Gasteiger partial charge in [0.2, 0.25) is 0 Å². The lowest BCUT2D eigenvalue weighted by atomic mass is 9.84. The van der Waals surface area contributed by atoms with Crippen molar-refractivity contribution in [2.45, 2.75) is 51.6 Å². The van der Waals surface area contributed by atoms with Crippen molar-refractivity contribution < 1.29 is 9.53 Å². The SMILES string of the molecule is CC(C)(C)c1ccc(C2CCN(C(=O)OCc3ccccc3)CC2)cc1. The Morgan fingerprint density at radius 2 is 1.62 bits per heavy atom. The Labute approximate surface area is 157 Å². The average Bonchev–Trinajstić information content (AvgIpc) is 2.66. The van der Waals surface area contributed by atoms with Crippen LogP contribution in [0.3, 0.4) is 0 Å². The number of likely N-dealkylation sites (tertiary alicyclic amines) is 1. The van der Waals surface area contributed by atoms with Gasteiger partial charge >= 0.3 is 6.09 Å². The molecule has 3 nitrogen and oxygen atoms in total. The summed E-state index contributed by atoms with van der Waals surface area (Å²) in [6, 6.07) is 18.8. The van der Waals surface area contributed by atoms with Crippen LogP contribution >= 0.6 is 0 Å². The van der Waals surface area contributed by atoms with Gasteiger partial charge in [-0.2, -0.15) is 0 Å². The van der Waals surface area contributed by atoms with Crippen molar-refractivity contribution in [2.24, 2.45) is 0 Å². The Morgan fingerprint density at radius 1 is 1.00 bits per heavy atom. The number of amides is 1. The zero-order valence-electron chi connectivity index (χ0n) is 16.1. The molecular weight excluding hydrogens is 322 g/mol. The van der Waals surface area contributed by atoms with E-state index in [0.717, 1.165) is 31.5 Å². The molecule has 0 N–H and O–H groups in total. The fourth-order valence-corrected chi connectivity index (χ4v) is 3.46. The summed E-state index contributed by atoms with van der Waals surface area (Å²) in [5.41, 5.74) is 3.96. The van der Waals surface area contributed by atoms with Gasteiger partial charge in [0.1, 0.15) is 6.61 Å². The van der Waals surface area contributed by atoms with Gasteiger partial charge in [-0.1, -0.05) is 75.4 Å². The van der Waals surface area contributed by atoms with Gasteiger partial charge in [0.25, 0.3) is 0 Å². The summed E-state index contributed by atoms with van der Waals surface area (Å²) in [6.07, 6.45) is 1.79. The van der Waals surface area contributed by atoms with Crippen molar-refractivity contribution in [3.63, 3.8) is 0 Å². The second-order valence-electron chi connectivity index (χ2n) is 8.17. The van der Waals surface area contributed by atoms with Crippen LogP contribution in [0, 0.1) is 0 Å². The highest BCUT2D eigenvalue weighted by atomic mass is 16.6. The van der Waals surface area contributed by atoms with Crippen molar-refractivity contribution in [3.8, 4) is 0 Å². The van der Waals surface area contributed by atoms with E-state index in [1.807, 2.05) is 35.2 Å². The number of hydrogen-bond acceptors (Lipinski definition) is 2. The molecular formula is C23H29NO2. The minimum Gasteiger partial charge on any atom is -0.445 e. The summed E-state index contributed by atoms with van der Waals surface area (Å²) in [5.74, 6) is 0.530. The predicted molar refractivity (Wildman–Crippen MR) is 105 cm³/mol.